The highest BCUT2D eigenvalue weighted by atomic mass is 16.5. The lowest BCUT2D eigenvalue weighted by Crippen LogP contribution is -2.62. The molecule has 0 bridgehead atoms. The molecule has 0 aliphatic carbocycles. The van der Waals surface area contributed by atoms with Gasteiger partial charge in [-0.2, -0.15) is 0 Å². The fourth-order valence-corrected chi connectivity index (χ4v) is 13.6. The molecule has 6 heterocycles. The zero-order valence-electron chi connectivity index (χ0n) is 41.7. The van der Waals surface area contributed by atoms with Crippen molar-refractivity contribution in [1.82, 2.24) is 9.13 Å². The quantitative estimate of drug-likeness (QED) is 0.156. The van der Waals surface area contributed by atoms with Crippen molar-refractivity contribution < 1.29 is 9.47 Å². The van der Waals surface area contributed by atoms with E-state index in [1.54, 1.807) is 0 Å². The Balaban J connectivity index is 0.957. The normalized spacial score (nSPS) is 13.0. The molecule has 4 aliphatic heterocycles. The third-order valence-electron chi connectivity index (χ3n) is 16.6. The van der Waals surface area contributed by atoms with Gasteiger partial charge in [-0.15, -0.1) is 0 Å². The van der Waals surface area contributed by atoms with Crippen molar-refractivity contribution in [3.8, 4) is 34.4 Å². The molecular weight excluding hydrogens is 926 g/mol. The number of anilines is 6. The fraction of sp³-hybridized carbons (Fsp3) is 0.0294. The Morgan fingerprint density at radius 2 is 0.711 bits per heavy atom. The average molecular weight is 971 g/mol. The van der Waals surface area contributed by atoms with E-state index in [0.29, 0.717) is 0 Å². The summed E-state index contributed by atoms with van der Waals surface area (Å²) in [6.07, 6.45) is 0. The van der Waals surface area contributed by atoms with Gasteiger partial charge in [-0.3, -0.25) is 0 Å². The second-order valence-electron chi connectivity index (χ2n) is 20.9. The molecule has 0 fully saturated rings. The summed E-state index contributed by atoms with van der Waals surface area (Å²) in [5, 5.41) is 4.80. The van der Waals surface area contributed by atoms with E-state index < -0.39 is 0 Å². The predicted octanol–water partition coefficient (Wildman–Crippen LogP) is 13.3. The van der Waals surface area contributed by atoms with Crippen molar-refractivity contribution in [2.45, 2.75) is 13.8 Å². The number of nitrogens with zero attached hydrogens (tertiary/aromatic N) is 4. The molecule has 11 aromatic carbocycles. The van der Waals surface area contributed by atoms with Gasteiger partial charge < -0.3 is 28.4 Å². The maximum Gasteiger partial charge on any atom is 0.256 e. The van der Waals surface area contributed by atoms with E-state index in [9.17, 15) is 0 Å². The monoisotopic (exact) mass is 970 g/mol. The van der Waals surface area contributed by atoms with Gasteiger partial charge in [0.2, 0.25) is 0 Å². The van der Waals surface area contributed by atoms with Crippen molar-refractivity contribution in [2.75, 3.05) is 9.80 Å². The first-order valence-corrected chi connectivity index (χ1v) is 26.3. The maximum atomic E-state index is 7.52. The Kier molecular flexibility index (Phi) is 8.49. The zero-order chi connectivity index (χ0) is 49.9. The number of aryl methyl sites for hydroxylation is 2. The molecule has 76 heavy (non-hydrogen) atoms. The maximum absolute atomic E-state index is 7.52. The molecule has 0 atom stereocenters. The highest BCUT2D eigenvalue weighted by Crippen LogP contribution is 2.50. The van der Waals surface area contributed by atoms with Gasteiger partial charge in [0.25, 0.3) is 13.4 Å². The lowest BCUT2D eigenvalue weighted by atomic mass is 9.31. The fourth-order valence-electron chi connectivity index (χ4n) is 13.6. The summed E-state index contributed by atoms with van der Waals surface area (Å²) in [4.78, 5) is 4.79. The van der Waals surface area contributed by atoms with Crippen LogP contribution in [0.15, 0.2) is 231 Å². The molecule has 4 aliphatic rings. The van der Waals surface area contributed by atoms with Gasteiger partial charge in [0.1, 0.15) is 23.0 Å². The number of rotatable bonds is 6. The molecule has 354 valence electrons. The summed E-state index contributed by atoms with van der Waals surface area (Å²) < 4.78 is 20.1. The van der Waals surface area contributed by atoms with Crippen LogP contribution in [0.2, 0.25) is 0 Å². The van der Waals surface area contributed by atoms with Gasteiger partial charge in [0.05, 0.1) is 33.4 Å². The molecule has 17 rings (SSSR count). The lowest BCUT2D eigenvalue weighted by Gasteiger charge is -2.38. The molecule has 6 nitrogen and oxygen atoms in total. The molecule has 0 N–H and O–H groups in total. The van der Waals surface area contributed by atoms with Crippen molar-refractivity contribution in [3.63, 3.8) is 0 Å². The first-order valence-electron chi connectivity index (χ1n) is 26.3. The second kappa shape index (κ2) is 15.4. The topological polar surface area (TPSA) is 34.8 Å². The molecule has 8 heteroatoms. The largest absolute Gasteiger partial charge is 0.458 e. The Bertz CT molecular complexity index is 4260. The van der Waals surface area contributed by atoms with Gasteiger partial charge >= 0.3 is 0 Å². The van der Waals surface area contributed by atoms with Crippen molar-refractivity contribution in [2.24, 2.45) is 0 Å². The van der Waals surface area contributed by atoms with Crippen LogP contribution in [0, 0.1) is 13.8 Å². The smallest absolute Gasteiger partial charge is 0.256 e. The molecule has 2 aromatic heterocycles. The second-order valence-corrected chi connectivity index (χ2v) is 20.9. The Morgan fingerprint density at radius 1 is 0.342 bits per heavy atom. The summed E-state index contributed by atoms with van der Waals surface area (Å²) in [5.41, 5.74) is 23.1. The number of para-hydroxylation sites is 6. The first kappa shape index (κ1) is 41.8. The van der Waals surface area contributed by atoms with Crippen LogP contribution >= 0.6 is 0 Å². The Labute approximate surface area is 440 Å². The number of benzene rings is 11. The molecular formula is C68H44B2N4O2. The minimum absolute atomic E-state index is 0.128. The molecule has 0 radical (unpaired) electrons. The van der Waals surface area contributed by atoms with E-state index in [1.165, 1.54) is 88.0 Å². The number of hydrogen-bond donors (Lipinski definition) is 0. The van der Waals surface area contributed by atoms with E-state index in [0.717, 1.165) is 68.0 Å². The summed E-state index contributed by atoms with van der Waals surface area (Å²) in [6, 6.07) is 84.1. The number of aromatic nitrogens is 2. The number of fused-ring (bicyclic) bond motifs is 16. The van der Waals surface area contributed by atoms with E-state index in [4.69, 9.17) is 9.47 Å². The van der Waals surface area contributed by atoms with Crippen molar-refractivity contribution in [3.05, 3.63) is 242 Å². The standard InChI is InChI=1S/C68H44B2N4O2/c1-41-31-33-49-55(35-41)73-53-29-17-15-27-47(53)63-57(71(43-19-7-3-8-20-43)44-21-9-4-10-22-44)38-61-65(67(63)73)69(49)51-37-52-60(40-59(51)75-61)76-62-39-58(72(45-23-11-5-12-24-45)46-25-13-6-14-26-46)64-48-28-16-18-30-54(48)74-56-36-42(2)32-34-50(56)70(52)66(62)68(64)74/h3-40H,1-2H3. The van der Waals surface area contributed by atoms with Crippen LogP contribution in [0.3, 0.4) is 0 Å². The molecule has 0 unspecified atom stereocenters. The summed E-state index contributed by atoms with van der Waals surface area (Å²) in [7, 11) is 0. The average Bonchev–Trinajstić information content (AvgIpc) is 4.16. The summed E-state index contributed by atoms with van der Waals surface area (Å²) in [5.74, 6) is 3.29. The van der Waals surface area contributed by atoms with Crippen molar-refractivity contribution in [1.29, 1.82) is 0 Å². The van der Waals surface area contributed by atoms with Gasteiger partial charge in [0.15, 0.2) is 0 Å². The van der Waals surface area contributed by atoms with E-state index in [1.807, 2.05) is 0 Å². The first-order chi connectivity index (χ1) is 37.6. The van der Waals surface area contributed by atoms with Crippen LogP contribution in [-0.2, 0) is 0 Å². The van der Waals surface area contributed by atoms with E-state index >= 15 is 0 Å². The van der Waals surface area contributed by atoms with Crippen LogP contribution in [0.5, 0.6) is 23.0 Å². The van der Waals surface area contributed by atoms with E-state index in [-0.39, 0.29) is 13.4 Å². The van der Waals surface area contributed by atoms with Crippen LogP contribution in [0.4, 0.5) is 34.1 Å². The van der Waals surface area contributed by atoms with E-state index in [2.05, 4.69) is 263 Å². The zero-order valence-corrected chi connectivity index (χ0v) is 41.7. The minimum atomic E-state index is -0.128. The molecule has 13 aromatic rings. The molecule has 0 saturated heterocycles. The van der Waals surface area contributed by atoms with Crippen LogP contribution in [0.25, 0.3) is 55.0 Å². The van der Waals surface area contributed by atoms with Crippen molar-refractivity contribution >= 4 is 124 Å². The third-order valence-corrected chi connectivity index (χ3v) is 16.6. The molecule has 0 spiro atoms. The number of hydrogen-bond acceptors (Lipinski definition) is 4. The summed E-state index contributed by atoms with van der Waals surface area (Å²) in [6.45, 7) is 4.17. The Hall–Kier alpha value is -9.65. The lowest BCUT2D eigenvalue weighted by molar-refractivity contribution is 0.466. The summed E-state index contributed by atoms with van der Waals surface area (Å²) >= 11 is 0. The highest BCUT2D eigenvalue weighted by Gasteiger charge is 2.47. The highest BCUT2D eigenvalue weighted by molar-refractivity contribution is 7.02. The SMILES string of the molecule is Cc1ccc2c(c1)-n1c3ccccc3c3c(N(c4ccccc4)c4ccccc4)cc4c(c31)B2c1cc2c(cc1O4)Oc1cc(N(c3ccccc3)c3ccccc3)c3c4ccccc4n4c3c1B2c1ccc(C)cc1-4. The molecule has 0 amide bonds. The van der Waals surface area contributed by atoms with Crippen LogP contribution in [0.1, 0.15) is 11.1 Å². The number of ether oxygens (including phenoxy) is 2. The van der Waals surface area contributed by atoms with Gasteiger partial charge in [-0.05, 0) is 131 Å². The minimum Gasteiger partial charge on any atom is -0.458 e. The van der Waals surface area contributed by atoms with Gasteiger partial charge in [-0.1, -0.05) is 140 Å². The van der Waals surface area contributed by atoms with Gasteiger partial charge in [-0.25, -0.2) is 0 Å². The van der Waals surface area contributed by atoms with Gasteiger partial charge in [0, 0.05) is 73.9 Å². The van der Waals surface area contributed by atoms with Crippen LogP contribution < -0.4 is 52.1 Å². The van der Waals surface area contributed by atoms with Crippen LogP contribution in [-0.4, -0.2) is 22.6 Å². The Morgan fingerprint density at radius 3 is 1.11 bits per heavy atom. The predicted molar refractivity (Wildman–Crippen MR) is 316 cm³/mol. The third kappa shape index (κ3) is 5.62. The molecule has 0 saturated carbocycles.